The van der Waals surface area contributed by atoms with Gasteiger partial charge in [-0.2, -0.15) is 0 Å². The second kappa shape index (κ2) is 9.33. The molecule has 0 fully saturated rings. The van der Waals surface area contributed by atoms with E-state index in [0.29, 0.717) is 6.42 Å². The van der Waals surface area contributed by atoms with Gasteiger partial charge in [0.05, 0.1) is 16.7 Å². The van der Waals surface area contributed by atoms with Gasteiger partial charge < -0.3 is 5.32 Å². The molecule has 3 aromatic rings. The van der Waals surface area contributed by atoms with Crippen LogP contribution in [-0.4, -0.2) is 20.1 Å². The first kappa shape index (κ1) is 19.8. The molecule has 5 heteroatoms. The Morgan fingerprint density at radius 3 is 1.93 bits per heavy atom. The molecule has 0 bridgehead atoms. The first-order valence-corrected chi connectivity index (χ1v) is 10.9. The zero-order valence-electron chi connectivity index (χ0n) is 15.5. The predicted molar refractivity (Wildman–Crippen MR) is 111 cm³/mol. The van der Waals surface area contributed by atoms with Crippen molar-refractivity contribution in [2.45, 2.75) is 23.8 Å². The van der Waals surface area contributed by atoms with Crippen LogP contribution in [0, 0.1) is 0 Å². The molecule has 28 heavy (non-hydrogen) atoms. The van der Waals surface area contributed by atoms with Crippen LogP contribution in [0.1, 0.15) is 23.6 Å². The summed E-state index contributed by atoms with van der Waals surface area (Å²) in [5.41, 5.74) is 2.10. The van der Waals surface area contributed by atoms with Crippen LogP contribution in [0.4, 0.5) is 0 Å². The molecule has 3 rings (SSSR count). The smallest absolute Gasteiger partial charge is 0.221 e. The van der Waals surface area contributed by atoms with Gasteiger partial charge in [0.15, 0.2) is 9.84 Å². The lowest BCUT2D eigenvalue weighted by Crippen LogP contribution is -2.31. The maximum absolute atomic E-state index is 12.5. The lowest BCUT2D eigenvalue weighted by atomic mass is 9.99. The number of hydrogen-bond donors (Lipinski definition) is 1. The molecule has 0 radical (unpaired) electrons. The van der Waals surface area contributed by atoms with E-state index in [2.05, 4.69) is 5.32 Å². The summed E-state index contributed by atoms with van der Waals surface area (Å²) in [5.74, 6) is -0.486. The Morgan fingerprint density at radius 2 is 1.32 bits per heavy atom. The number of rotatable bonds is 8. The van der Waals surface area contributed by atoms with Gasteiger partial charge in [0.25, 0.3) is 0 Å². The molecule has 0 aliphatic heterocycles. The van der Waals surface area contributed by atoms with Crippen LogP contribution in [0.25, 0.3) is 0 Å². The van der Waals surface area contributed by atoms with Crippen molar-refractivity contribution in [2.24, 2.45) is 0 Å². The quantitative estimate of drug-likeness (QED) is 0.630. The van der Waals surface area contributed by atoms with Gasteiger partial charge >= 0.3 is 0 Å². The van der Waals surface area contributed by atoms with Gasteiger partial charge in [-0.1, -0.05) is 78.9 Å². The van der Waals surface area contributed by atoms with E-state index in [1.165, 1.54) is 0 Å². The van der Waals surface area contributed by atoms with Crippen molar-refractivity contribution in [1.29, 1.82) is 0 Å². The van der Waals surface area contributed by atoms with Gasteiger partial charge in [-0.3, -0.25) is 4.79 Å². The second-order valence-electron chi connectivity index (χ2n) is 6.60. The lowest BCUT2D eigenvalue weighted by molar-refractivity contribution is -0.121. The van der Waals surface area contributed by atoms with Crippen LogP contribution in [0.15, 0.2) is 95.9 Å². The largest absolute Gasteiger partial charge is 0.349 e. The van der Waals surface area contributed by atoms with Gasteiger partial charge in [-0.15, -0.1) is 0 Å². The van der Waals surface area contributed by atoms with Gasteiger partial charge in [0.2, 0.25) is 5.91 Å². The average Bonchev–Trinajstić information content (AvgIpc) is 2.74. The zero-order chi connectivity index (χ0) is 19.8. The standard InChI is InChI=1S/C23H23NO3S/c25-23(16-17-28(26,27)21-14-8-3-9-15-21)24-22(20-12-6-2-7-13-20)18-19-10-4-1-5-11-19/h1-15,22H,16-18H2,(H,24,25)/t22-/m0/s1. The van der Waals surface area contributed by atoms with Crippen LogP contribution >= 0.6 is 0 Å². The minimum absolute atomic E-state index is 0.0741. The van der Waals surface area contributed by atoms with E-state index in [1.807, 2.05) is 60.7 Å². The molecule has 0 unspecified atom stereocenters. The number of carbonyl (C=O) groups is 1. The third-order valence-corrected chi connectivity index (χ3v) is 6.25. The molecule has 1 amide bonds. The summed E-state index contributed by atoms with van der Waals surface area (Å²) in [6.45, 7) is 0. The molecular formula is C23H23NO3S. The molecular weight excluding hydrogens is 370 g/mol. The van der Waals surface area contributed by atoms with Crippen LogP contribution < -0.4 is 5.32 Å². The minimum atomic E-state index is -3.48. The molecule has 0 aliphatic carbocycles. The molecule has 0 saturated heterocycles. The minimum Gasteiger partial charge on any atom is -0.349 e. The van der Waals surface area contributed by atoms with E-state index in [0.717, 1.165) is 11.1 Å². The summed E-state index contributed by atoms with van der Waals surface area (Å²) >= 11 is 0. The monoisotopic (exact) mass is 393 g/mol. The summed E-state index contributed by atoms with van der Waals surface area (Å²) in [4.78, 5) is 12.8. The molecule has 0 heterocycles. The Bertz CT molecular complexity index is 988. The Balaban J connectivity index is 1.67. The summed E-state index contributed by atoms with van der Waals surface area (Å²) in [6.07, 6.45) is 0.567. The van der Waals surface area contributed by atoms with Gasteiger partial charge in [-0.05, 0) is 29.7 Å². The van der Waals surface area contributed by atoms with Gasteiger partial charge in [0, 0.05) is 6.42 Å². The van der Waals surface area contributed by atoms with Crippen molar-refractivity contribution in [2.75, 3.05) is 5.75 Å². The number of sulfone groups is 1. The van der Waals surface area contributed by atoms with E-state index < -0.39 is 9.84 Å². The van der Waals surface area contributed by atoms with Crippen molar-refractivity contribution >= 4 is 15.7 Å². The zero-order valence-corrected chi connectivity index (χ0v) is 16.3. The van der Waals surface area contributed by atoms with Crippen LogP contribution in [0.2, 0.25) is 0 Å². The number of nitrogens with one attached hydrogen (secondary N) is 1. The Morgan fingerprint density at radius 1 is 0.786 bits per heavy atom. The van der Waals surface area contributed by atoms with Crippen LogP contribution in [0.5, 0.6) is 0 Å². The molecule has 0 aliphatic rings. The Hall–Kier alpha value is -2.92. The SMILES string of the molecule is O=C(CCS(=O)(=O)c1ccccc1)N[C@@H](Cc1ccccc1)c1ccccc1. The van der Waals surface area contributed by atoms with E-state index in [-0.39, 0.29) is 29.0 Å². The fourth-order valence-corrected chi connectivity index (χ4v) is 4.29. The number of amides is 1. The fraction of sp³-hybridized carbons (Fsp3) is 0.174. The lowest BCUT2D eigenvalue weighted by Gasteiger charge is -2.19. The second-order valence-corrected chi connectivity index (χ2v) is 8.71. The number of benzene rings is 3. The van der Waals surface area contributed by atoms with Crippen LogP contribution in [-0.2, 0) is 21.1 Å². The third-order valence-electron chi connectivity index (χ3n) is 4.52. The molecule has 4 nitrogen and oxygen atoms in total. The Kier molecular flexibility index (Phi) is 6.61. The average molecular weight is 394 g/mol. The van der Waals surface area contributed by atoms with Crippen molar-refractivity contribution < 1.29 is 13.2 Å². The maximum atomic E-state index is 12.5. The first-order chi connectivity index (χ1) is 13.5. The highest BCUT2D eigenvalue weighted by atomic mass is 32.2. The summed E-state index contributed by atoms with van der Waals surface area (Å²) in [6, 6.07) is 27.6. The Labute approximate surface area is 166 Å². The molecule has 1 N–H and O–H groups in total. The predicted octanol–water partition coefficient (Wildman–Crippen LogP) is 3.95. The highest BCUT2D eigenvalue weighted by Gasteiger charge is 2.19. The first-order valence-electron chi connectivity index (χ1n) is 9.21. The van der Waals surface area contributed by atoms with Crippen molar-refractivity contribution in [3.8, 4) is 0 Å². The van der Waals surface area contributed by atoms with E-state index in [1.54, 1.807) is 30.3 Å². The van der Waals surface area contributed by atoms with Crippen molar-refractivity contribution in [3.63, 3.8) is 0 Å². The fourth-order valence-electron chi connectivity index (χ4n) is 3.03. The molecule has 1 atom stereocenters. The van der Waals surface area contributed by atoms with E-state index in [4.69, 9.17) is 0 Å². The normalized spacial score (nSPS) is 12.3. The molecule has 3 aromatic carbocycles. The number of carbonyl (C=O) groups excluding carboxylic acids is 1. The molecule has 0 spiro atoms. The molecule has 0 aromatic heterocycles. The highest BCUT2D eigenvalue weighted by Crippen LogP contribution is 2.19. The van der Waals surface area contributed by atoms with E-state index in [9.17, 15) is 13.2 Å². The summed E-state index contributed by atoms with van der Waals surface area (Å²) in [5, 5.41) is 3.00. The van der Waals surface area contributed by atoms with Gasteiger partial charge in [0.1, 0.15) is 0 Å². The highest BCUT2D eigenvalue weighted by molar-refractivity contribution is 7.91. The number of hydrogen-bond acceptors (Lipinski definition) is 3. The third kappa shape index (κ3) is 5.54. The van der Waals surface area contributed by atoms with E-state index >= 15 is 0 Å². The van der Waals surface area contributed by atoms with Gasteiger partial charge in [-0.25, -0.2) is 8.42 Å². The maximum Gasteiger partial charge on any atom is 0.221 e. The van der Waals surface area contributed by atoms with Crippen molar-refractivity contribution in [1.82, 2.24) is 5.32 Å². The summed E-state index contributed by atoms with van der Waals surface area (Å²) < 4.78 is 24.8. The molecule has 144 valence electrons. The molecule has 0 saturated carbocycles. The van der Waals surface area contributed by atoms with Crippen LogP contribution in [0.3, 0.4) is 0 Å². The summed E-state index contributed by atoms with van der Waals surface area (Å²) in [7, 11) is -3.48. The van der Waals surface area contributed by atoms with Crippen molar-refractivity contribution in [3.05, 3.63) is 102 Å². The topological polar surface area (TPSA) is 63.2 Å².